The molecule has 0 fully saturated rings. The van der Waals surface area contributed by atoms with Crippen molar-refractivity contribution in [3.8, 4) is 11.5 Å². The van der Waals surface area contributed by atoms with E-state index < -0.39 is 14.9 Å². The summed E-state index contributed by atoms with van der Waals surface area (Å²) in [4.78, 5) is 10.3. The zero-order valence-corrected chi connectivity index (χ0v) is 18.1. The normalized spacial score (nSPS) is 11.1. The molecule has 0 amide bonds. The molecule has 0 aliphatic carbocycles. The third-order valence-corrected chi connectivity index (χ3v) is 6.49. The van der Waals surface area contributed by atoms with E-state index in [0.717, 1.165) is 11.1 Å². The Morgan fingerprint density at radius 3 is 1.94 bits per heavy atom. The Morgan fingerprint density at radius 1 is 0.903 bits per heavy atom. The van der Waals surface area contributed by atoms with Gasteiger partial charge in [0.25, 0.3) is 15.7 Å². The van der Waals surface area contributed by atoms with Crippen LogP contribution >= 0.6 is 0 Å². The highest BCUT2D eigenvalue weighted by Gasteiger charge is 2.27. The van der Waals surface area contributed by atoms with Crippen LogP contribution in [0.15, 0.2) is 71.6 Å². The van der Waals surface area contributed by atoms with Gasteiger partial charge >= 0.3 is 0 Å². The second-order valence-corrected chi connectivity index (χ2v) is 8.68. The minimum atomic E-state index is -4.06. The van der Waals surface area contributed by atoms with E-state index in [1.165, 1.54) is 42.8 Å². The molecule has 31 heavy (non-hydrogen) atoms. The molecule has 0 heterocycles. The maximum absolute atomic E-state index is 13.6. The van der Waals surface area contributed by atoms with Crippen LogP contribution in [0.2, 0.25) is 0 Å². The molecule has 9 heteroatoms. The van der Waals surface area contributed by atoms with E-state index >= 15 is 0 Å². The molecule has 0 atom stereocenters. The highest BCUT2D eigenvalue weighted by Crippen LogP contribution is 2.33. The smallest absolute Gasteiger partial charge is 0.269 e. The van der Waals surface area contributed by atoms with Crippen LogP contribution in [0.4, 0.5) is 11.4 Å². The van der Waals surface area contributed by atoms with Gasteiger partial charge in [-0.15, -0.1) is 0 Å². The first kappa shape index (κ1) is 22.1. The second-order valence-electron chi connectivity index (χ2n) is 6.82. The van der Waals surface area contributed by atoms with Gasteiger partial charge in [0.05, 0.1) is 36.3 Å². The maximum atomic E-state index is 13.6. The van der Waals surface area contributed by atoms with Crippen molar-refractivity contribution in [1.29, 1.82) is 0 Å². The van der Waals surface area contributed by atoms with Crippen molar-refractivity contribution >= 4 is 21.4 Å². The van der Waals surface area contributed by atoms with Gasteiger partial charge in [-0.3, -0.25) is 14.4 Å². The minimum Gasteiger partial charge on any atom is -0.497 e. The molecule has 0 spiro atoms. The van der Waals surface area contributed by atoms with Crippen molar-refractivity contribution < 1.29 is 22.8 Å². The first-order valence-electron chi connectivity index (χ1n) is 9.30. The van der Waals surface area contributed by atoms with Gasteiger partial charge in [0.15, 0.2) is 0 Å². The molecule has 0 aromatic heterocycles. The predicted octanol–water partition coefficient (Wildman–Crippen LogP) is 4.32. The van der Waals surface area contributed by atoms with Crippen LogP contribution in [0, 0.1) is 17.0 Å². The number of hydrogen-bond donors (Lipinski definition) is 0. The molecule has 162 valence electrons. The zero-order valence-electron chi connectivity index (χ0n) is 17.3. The largest absolute Gasteiger partial charge is 0.497 e. The van der Waals surface area contributed by atoms with Crippen molar-refractivity contribution in [3.63, 3.8) is 0 Å². The van der Waals surface area contributed by atoms with E-state index in [1.807, 2.05) is 31.2 Å². The zero-order chi connectivity index (χ0) is 22.6. The predicted molar refractivity (Wildman–Crippen MR) is 117 cm³/mol. The van der Waals surface area contributed by atoms with Crippen LogP contribution in [0.1, 0.15) is 11.1 Å². The molecule has 0 saturated carbocycles. The SMILES string of the molecule is COc1cc(OC)cc(N(Cc2ccc(C)cc2)S(=O)(=O)c2ccc([N+](=O)[O-])cc2)c1. The number of nitrogens with zero attached hydrogens (tertiary/aromatic N) is 2. The Hall–Kier alpha value is -3.59. The summed E-state index contributed by atoms with van der Waals surface area (Å²) in [6.45, 7) is 2.00. The Kier molecular flexibility index (Phi) is 6.45. The summed E-state index contributed by atoms with van der Waals surface area (Å²) in [6.07, 6.45) is 0. The molecule has 3 rings (SSSR count). The lowest BCUT2D eigenvalue weighted by Gasteiger charge is -2.25. The van der Waals surface area contributed by atoms with E-state index in [0.29, 0.717) is 17.2 Å². The van der Waals surface area contributed by atoms with Gasteiger partial charge in [-0.1, -0.05) is 29.8 Å². The number of rotatable bonds is 8. The van der Waals surface area contributed by atoms with Gasteiger partial charge in [0, 0.05) is 30.3 Å². The lowest BCUT2D eigenvalue weighted by atomic mass is 10.1. The summed E-state index contributed by atoms with van der Waals surface area (Å²) in [6, 6.07) is 17.1. The van der Waals surface area contributed by atoms with E-state index in [1.54, 1.807) is 18.2 Å². The van der Waals surface area contributed by atoms with Gasteiger partial charge in [0.2, 0.25) is 0 Å². The molecule has 0 saturated heterocycles. The summed E-state index contributed by atoms with van der Waals surface area (Å²) >= 11 is 0. The highest BCUT2D eigenvalue weighted by molar-refractivity contribution is 7.92. The summed E-state index contributed by atoms with van der Waals surface area (Å²) in [7, 11) is -1.10. The number of anilines is 1. The number of sulfonamides is 1. The molecule has 0 aliphatic rings. The number of hydrogen-bond acceptors (Lipinski definition) is 6. The second kappa shape index (κ2) is 9.05. The van der Waals surface area contributed by atoms with Gasteiger partial charge in [-0.25, -0.2) is 8.42 Å². The standard InChI is InChI=1S/C22H22N2O6S/c1-16-4-6-17(7-5-16)15-23(19-12-20(29-2)14-21(13-19)30-3)31(27,28)22-10-8-18(9-11-22)24(25)26/h4-14H,15H2,1-3H3. The number of ether oxygens (including phenoxy) is 2. The fourth-order valence-corrected chi connectivity index (χ4v) is 4.41. The summed E-state index contributed by atoms with van der Waals surface area (Å²) in [5.74, 6) is 0.865. The van der Waals surface area contributed by atoms with Gasteiger partial charge < -0.3 is 9.47 Å². The van der Waals surface area contributed by atoms with Crippen LogP contribution in [0.3, 0.4) is 0 Å². The molecule has 0 bridgehead atoms. The number of benzene rings is 3. The van der Waals surface area contributed by atoms with Crippen LogP contribution in [-0.4, -0.2) is 27.6 Å². The van der Waals surface area contributed by atoms with Crippen molar-refractivity contribution in [2.24, 2.45) is 0 Å². The molecule has 0 aliphatic heterocycles. The van der Waals surface area contributed by atoms with Crippen molar-refractivity contribution in [2.75, 3.05) is 18.5 Å². The van der Waals surface area contributed by atoms with Crippen LogP contribution in [0.25, 0.3) is 0 Å². The lowest BCUT2D eigenvalue weighted by Crippen LogP contribution is -2.30. The van der Waals surface area contributed by atoms with Gasteiger partial charge in [-0.05, 0) is 24.6 Å². The first-order valence-corrected chi connectivity index (χ1v) is 10.7. The van der Waals surface area contributed by atoms with E-state index in [4.69, 9.17) is 9.47 Å². The fraction of sp³-hybridized carbons (Fsp3) is 0.182. The number of methoxy groups -OCH3 is 2. The van der Waals surface area contributed by atoms with Crippen LogP contribution < -0.4 is 13.8 Å². The van der Waals surface area contributed by atoms with Crippen LogP contribution in [-0.2, 0) is 16.6 Å². The quantitative estimate of drug-likeness (QED) is 0.381. The number of nitro groups is 1. The fourth-order valence-electron chi connectivity index (χ4n) is 2.98. The molecule has 8 nitrogen and oxygen atoms in total. The molecular formula is C22H22N2O6S. The molecular weight excluding hydrogens is 420 g/mol. The Balaban J connectivity index is 2.12. The Labute approximate surface area is 180 Å². The van der Waals surface area contributed by atoms with Crippen molar-refractivity contribution in [3.05, 3.63) is 88.0 Å². The summed E-state index contributed by atoms with van der Waals surface area (Å²) < 4.78 is 38.9. The number of nitro benzene ring substituents is 1. The third-order valence-electron chi connectivity index (χ3n) is 4.71. The molecule has 0 unspecified atom stereocenters. The van der Waals surface area contributed by atoms with E-state index in [-0.39, 0.29) is 17.1 Å². The Morgan fingerprint density at radius 2 is 1.45 bits per heavy atom. The molecule has 3 aromatic carbocycles. The third kappa shape index (κ3) is 4.95. The number of aryl methyl sites for hydroxylation is 1. The molecule has 0 N–H and O–H groups in total. The Bertz CT molecular complexity index is 1150. The van der Waals surface area contributed by atoms with Crippen LogP contribution in [0.5, 0.6) is 11.5 Å². The monoisotopic (exact) mass is 442 g/mol. The van der Waals surface area contributed by atoms with Crippen molar-refractivity contribution in [2.45, 2.75) is 18.4 Å². The number of non-ortho nitro benzene ring substituents is 1. The lowest BCUT2D eigenvalue weighted by molar-refractivity contribution is -0.384. The van der Waals surface area contributed by atoms with E-state index in [2.05, 4.69) is 0 Å². The average molecular weight is 442 g/mol. The first-order chi connectivity index (χ1) is 14.7. The molecule has 0 radical (unpaired) electrons. The van der Waals surface area contributed by atoms with Crippen molar-refractivity contribution in [1.82, 2.24) is 0 Å². The molecule has 3 aromatic rings. The average Bonchev–Trinajstić information content (AvgIpc) is 2.78. The summed E-state index contributed by atoms with van der Waals surface area (Å²) in [5.41, 5.74) is 1.98. The highest BCUT2D eigenvalue weighted by atomic mass is 32.2. The topological polar surface area (TPSA) is 99.0 Å². The van der Waals surface area contributed by atoms with Gasteiger partial charge in [0.1, 0.15) is 11.5 Å². The summed E-state index contributed by atoms with van der Waals surface area (Å²) in [5, 5.41) is 10.9. The van der Waals surface area contributed by atoms with Gasteiger partial charge in [-0.2, -0.15) is 0 Å². The van der Waals surface area contributed by atoms with E-state index in [9.17, 15) is 18.5 Å². The maximum Gasteiger partial charge on any atom is 0.269 e. The minimum absolute atomic E-state index is 0.0515.